The molecular weight excluding hydrogens is 340 g/mol. The Balaban J connectivity index is 2.13. The zero-order valence-corrected chi connectivity index (χ0v) is 15.5. The Kier molecular flexibility index (Phi) is 5.03. The molecule has 1 atom stereocenters. The number of fused-ring (bicyclic) bond motifs is 1. The molecule has 1 aromatic carbocycles. The summed E-state index contributed by atoms with van der Waals surface area (Å²) in [6.45, 7) is 3.48. The molecule has 138 valence electrons. The molecule has 0 unspecified atom stereocenters. The molecule has 1 amide bonds. The fourth-order valence-corrected chi connectivity index (χ4v) is 3.17. The highest BCUT2D eigenvalue weighted by Gasteiger charge is 2.24. The van der Waals surface area contributed by atoms with Crippen molar-refractivity contribution in [1.82, 2.24) is 9.78 Å². The fraction of sp³-hybridized carbons (Fsp3) is 0.381. The van der Waals surface area contributed by atoms with Gasteiger partial charge in [0, 0.05) is 16.8 Å². The normalized spacial score (nSPS) is 15.0. The average Bonchev–Trinajstić information content (AvgIpc) is 3.06. The molecule has 1 aliphatic rings. The lowest BCUT2D eigenvalue weighted by Crippen LogP contribution is -2.19. The van der Waals surface area contributed by atoms with Gasteiger partial charge in [0.2, 0.25) is 0 Å². The van der Waals surface area contributed by atoms with Gasteiger partial charge < -0.3 is 10.8 Å². The number of benzene rings is 1. The van der Waals surface area contributed by atoms with Gasteiger partial charge in [0.1, 0.15) is 11.7 Å². The first-order valence-corrected chi connectivity index (χ1v) is 9.07. The van der Waals surface area contributed by atoms with E-state index >= 15 is 0 Å². The molecule has 0 bridgehead atoms. The highest BCUT2D eigenvalue weighted by atomic mass is 16.3. The molecule has 1 heterocycles. The van der Waals surface area contributed by atoms with Crippen LogP contribution in [-0.4, -0.2) is 26.4 Å². The molecule has 2 aromatic rings. The van der Waals surface area contributed by atoms with Gasteiger partial charge in [0.15, 0.2) is 5.69 Å². The molecule has 0 spiro atoms. The first-order chi connectivity index (χ1) is 12.9. The van der Waals surface area contributed by atoms with Crippen molar-refractivity contribution < 1.29 is 9.90 Å². The minimum atomic E-state index is -1.12. The van der Waals surface area contributed by atoms with E-state index in [1.54, 1.807) is 29.8 Å². The molecule has 0 radical (unpaired) electrons. The number of carbonyl (C=O) groups excluding carboxylic acids is 1. The van der Waals surface area contributed by atoms with Crippen LogP contribution >= 0.6 is 0 Å². The molecule has 27 heavy (non-hydrogen) atoms. The van der Waals surface area contributed by atoms with Crippen molar-refractivity contribution in [2.45, 2.75) is 51.6 Å². The van der Waals surface area contributed by atoms with Crippen LogP contribution in [0.4, 0.5) is 0 Å². The zero-order chi connectivity index (χ0) is 19.6. The second-order valence-corrected chi connectivity index (χ2v) is 6.98. The number of nitrogens with zero attached hydrogens (tertiary/aromatic N) is 3. The van der Waals surface area contributed by atoms with E-state index in [0.717, 1.165) is 42.6 Å². The number of carbonyl (C=O) groups is 1. The minimum Gasteiger partial charge on any atom is -0.378 e. The molecule has 6 heteroatoms. The van der Waals surface area contributed by atoms with E-state index in [1.807, 2.05) is 6.92 Å². The molecule has 0 saturated heterocycles. The van der Waals surface area contributed by atoms with Gasteiger partial charge in [-0.2, -0.15) is 10.4 Å². The van der Waals surface area contributed by atoms with Crippen molar-refractivity contribution in [2.24, 2.45) is 5.73 Å². The van der Waals surface area contributed by atoms with Gasteiger partial charge in [-0.3, -0.25) is 4.79 Å². The molecule has 0 aliphatic heterocycles. The first-order valence-electron chi connectivity index (χ1n) is 9.07. The van der Waals surface area contributed by atoms with E-state index in [2.05, 4.69) is 23.0 Å². The van der Waals surface area contributed by atoms with Gasteiger partial charge in [-0.1, -0.05) is 18.8 Å². The van der Waals surface area contributed by atoms with E-state index in [-0.39, 0.29) is 0 Å². The molecule has 6 nitrogen and oxygen atoms in total. The van der Waals surface area contributed by atoms with Crippen LogP contribution in [0.3, 0.4) is 0 Å². The number of nitriles is 1. The molecule has 1 aromatic heterocycles. The summed E-state index contributed by atoms with van der Waals surface area (Å²) in [4.78, 5) is 11.8. The number of aromatic nitrogens is 2. The van der Waals surface area contributed by atoms with Crippen LogP contribution < -0.4 is 5.73 Å². The summed E-state index contributed by atoms with van der Waals surface area (Å²) in [7, 11) is 0. The van der Waals surface area contributed by atoms with Gasteiger partial charge in [-0.05, 0) is 57.2 Å². The SMILES string of the molecule is CC[C@@](C)(O)C#Cc1cc(-n2nc(C(N)=O)c3c2CCCC3)ccc1C#N. The quantitative estimate of drug-likeness (QED) is 0.817. The van der Waals surface area contributed by atoms with Gasteiger partial charge in [0.05, 0.1) is 11.3 Å². The van der Waals surface area contributed by atoms with Crippen molar-refractivity contribution in [3.05, 3.63) is 46.3 Å². The van der Waals surface area contributed by atoms with Crippen LogP contribution in [0, 0.1) is 23.2 Å². The van der Waals surface area contributed by atoms with Crippen LogP contribution in [0.2, 0.25) is 0 Å². The maximum atomic E-state index is 11.8. The lowest BCUT2D eigenvalue weighted by molar-refractivity contribution is 0.0994. The van der Waals surface area contributed by atoms with E-state index in [0.29, 0.717) is 23.2 Å². The van der Waals surface area contributed by atoms with Crippen LogP contribution in [0.1, 0.15) is 66.0 Å². The summed E-state index contributed by atoms with van der Waals surface area (Å²) in [6.07, 6.45) is 4.13. The van der Waals surface area contributed by atoms with E-state index in [4.69, 9.17) is 5.73 Å². The average molecular weight is 362 g/mol. The summed E-state index contributed by atoms with van der Waals surface area (Å²) < 4.78 is 1.74. The summed E-state index contributed by atoms with van der Waals surface area (Å²) >= 11 is 0. The van der Waals surface area contributed by atoms with Crippen LogP contribution in [0.5, 0.6) is 0 Å². The molecular formula is C21H22N4O2. The van der Waals surface area contributed by atoms with Crippen LogP contribution in [0.25, 0.3) is 5.69 Å². The largest absolute Gasteiger partial charge is 0.378 e. The Morgan fingerprint density at radius 3 is 2.78 bits per heavy atom. The predicted molar refractivity (Wildman–Crippen MR) is 101 cm³/mol. The summed E-state index contributed by atoms with van der Waals surface area (Å²) in [5.74, 6) is 5.21. The van der Waals surface area contributed by atoms with Gasteiger partial charge in [-0.15, -0.1) is 0 Å². The molecule has 0 saturated carbocycles. The smallest absolute Gasteiger partial charge is 0.269 e. The van der Waals surface area contributed by atoms with Crippen molar-refractivity contribution in [1.29, 1.82) is 5.26 Å². The third kappa shape index (κ3) is 3.72. The Hall–Kier alpha value is -3.09. The van der Waals surface area contributed by atoms with Crippen molar-refractivity contribution in [2.75, 3.05) is 0 Å². The number of amides is 1. The third-order valence-electron chi connectivity index (χ3n) is 4.94. The van der Waals surface area contributed by atoms with Crippen LogP contribution in [-0.2, 0) is 12.8 Å². The van der Waals surface area contributed by atoms with E-state index in [9.17, 15) is 15.2 Å². The predicted octanol–water partition coefficient (Wildman–Crippen LogP) is 2.23. The second kappa shape index (κ2) is 7.26. The van der Waals surface area contributed by atoms with Gasteiger partial charge in [-0.25, -0.2) is 4.68 Å². The maximum absolute atomic E-state index is 11.8. The topological polar surface area (TPSA) is 105 Å². The Bertz CT molecular complexity index is 1000. The molecule has 3 N–H and O–H groups in total. The van der Waals surface area contributed by atoms with Gasteiger partial charge >= 0.3 is 0 Å². The van der Waals surface area contributed by atoms with Crippen molar-refractivity contribution >= 4 is 5.91 Å². The Labute approximate surface area is 158 Å². The Morgan fingerprint density at radius 1 is 1.37 bits per heavy atom. The first kappa shape index (κ1) is 18.7. The number of primary amides is 1. The number of nitrogens with two attached hydrogens (primary N) is 1. The summed E-state index contributed by atoms with van der Waals surface area (Å²) in [5, 5.41) is 23.9. The zero-order valence-electron chi connectivity index (χ0n) is 15.5. The van der Waals surface area contributed by atoms with Crippen molar-refractivity contribution in [3.8, 4) is 23.6 Å². The third-order valence-corrected chi connectivity index (χ3v) is 4.94. The van der Waals surface area contributed by atoms with E-state index < -0.39 is 11.5 Å². The number of hydrogen-bond acceptors (Lipinski definition) is 4. The number of rotatable bonds is 3. The Morgan fingerprint density at radius 2 is 2.11 bits per heavy atom. The monoisotopic (exact) mass is 362 g/mol. The molecule has 3 rings (SSSR count). The van der Waals surface area contributed by atoms with Crippen LogP contribution in [0.15, 0.2) is 18.2 Å². The lowest BCUT2D eigenvalue weighted by Gasteiger charge is -2.14. The maximum Gasteiger partial charge on any atom is 0.269 e. The second-order valence-electron chi connectivity index (χ2n) is 6.98. The van der Waals surface area contributed by atoms with Crippen molar-refractivity contribution in [3.63, 3.8) is 0 Å². The highest BCUT2D eigenvalue weighted by Crippen LogP contribution is 2.27. The number of hydrogen-bond donors (Lipinski definition) is 2. The molecule has 0 fully saturated rings. The standard InChI is InChI=1S/C21H22N4O2/c1-3-21(2,27)11-10-14-12-16(9-8-15(14)13-22)25-18-7-5-4-6-17(18)19(24-25)20(23)26/h8-9,12,27H,3-7H2,1-2H3,(H2,23,26)/t21-/m1/s1. The fourth-order valence-electron chi connectivity index (χ4n) is 3.17. The van der Waals surface area contributed by atoms with Gasteiger partial charge in [0.25, 0.3) is 5.91 Å². The minimum absolute atomic E-state index is 0.315. The summed E-state index contributed by atoms with van der Waals surface area (Å²) in [5.41, 5.74) is 8.27. The molecule has 1 aliphatic carbocycles. The number of aliphatic hydroxyl groups is 1. The lowest BCUT2D eigenvalue weighted by atomic mass is 9.95. The highest BCUT2D eigenvalue weighted by molar-refractivity contribution is 5.92. The summed E-state index contributed by atoms with van der Waals surface area (Å²) in [6, 6.07) is 7.36. The van der Waals surface area contributed by atoms with E-state index in [1.165, 1.54) is 0 Å².